The number of piperidine rings is 1. The zero-order valence-corrected chi connectivity index (χ0v) is 19.4. The highest BCUT2D eigenvalue weighted by atomic mass is 35.5. The Morgan fingerprint density at radius 1 is 1.00 bits per heavy atom. The Hall–Kier alpha value is -1.89. The quantitative estimate of drug-likeness (QED) is 0.593. The lowest BCUT2D eigenvalue weighted by Crippen LogP contribution is -2.58. The van der Waals surface area contributed by atoms with Crippen LogP contribution in [0.25, 0.3) is 0 Å². The third-order valence-corrected chi connectivity index (χ3v) is 7.81. The summed E-state index contributed by atoms with van der Waals surface area (Å²) < 4.78 is 0. The second-order valence-corrected chi connectivity index (χ2v) is 10.00. The molecule has 1 aliphatic carbocycles. The first-order chi connectivity index (χ1) is 15.1. The molecular formula is C24H30ClN3O2S. The summed E-state index contributed by atoms with van der Waals surface area (Å²) >= 11 is 7.64. The van der Waals surface area contributed by atoms with Crippen molar-refractivity contribution in [3.05, 3.63) is 51.2 Å². The average Bonchev–Trinajstić information content (AvgIpc) is 3.35. The van der Waals surface area contributed by atoms with Gasteiger partial charge in [-0.2, -0.15) is 0 Å². The van der Waals surface area contributed by atoms with Gasteiger partial charge in [0.1, 0.15) is 0 Å². The maximum absolute atomic E-state index is 13.0. The van der Waals surface area contributed by atoms with Crippen LogP contribution in [0.15, 0.2) is 35.7 Å². The van der Waals surface area contributed by atoms with Gasteiger partial charge < -0.3 is 10.6 Å². The number of thiophene rings is 1. The van der Waals surface area contributed by atoms with Gasteiger partial charge in [-0.25, -0.2) is 0 Å². The lowest BCUT2D eigenvalue weighted by atomic mass is 9.79. The van der Waals surface area contributed by atoms with E-state index in [-0.39, 0.29) is 17.4 Å². The Labute approximate surface area is 193 Å². The Bertz CT molecular complexity index is 904. The Morgan fingerprint density at radius 3 is 2.45 bits per heavy atom. The number of likely N-dealkylation sites (tertiary alicyclic amines) is 1. The maximum atomic E-state index is 13.0. The molecule has 1 aromatic carbocycles. The van der Waals surface area contributed by atoms with Crippen molar-refractivity contribution in [2.45, 2.75) is 56.9 Å². The van der Waals surface area contributed by atoms with Gasteiger partial charge in [0, 0.05) is 17.6 Å². The first-order valence-electron chi connectivity index (χ1n) is 11.3. The standard InChI is InChI=1S/C24H30ClN3O2S/c25-19-10-9-18(16-20(19)27-23(30)21-8-7-15-31-21)22(29)26-17-24(11-3-1-4-12-24)28-13-5-2-6-14-28/h7-10,15-16H,1-6,11-14,17H2,(H,26,29)(H,27,30). The van der Waals surface area contributed by atoms with Gasteiger partial charge in [0.05, 0.1) is 15.6 Å². The summed E-state index contributed by atoms with van der Waals surface area (Å²) in [5.41, 5.74) is 1.04. The molecule has 0 radical (unpaired) electrons. The smallest absolute Gasteiger partial charge is 0.265 e. The van der Waals surface area contributed by atoms with Crippen LogP contribution in [0.1, 0.15) is 71.4 Å². The molecule has 2 fully saturated rings. The van der Waals surface area contributed by atoms with Crippen molar-refractivity contribution in [1.29, 1.82) is 0 Å². The largest absolute Gasteiger partial charge is 0.350 e. The SMILES string of the molecule is O=C(NCC1(N2CCCCC2)CCCCC1)c1ccc(Cl)c(NC(=O)c2cccs2)c1. The first-order valence-corrected chi connectivity index (χ1v) is 12.5. The number of hydrogen-bond donors (Lipinski definition) is 2. The molecule has 0 atom stereocenters. The zero-order valence-electron chi connectivity index (χ0n) is 17.8. The molecule has 2 amide bonds. The molecule has 2 N–H and O–H groups in total. The Balaban J connectivity index is 1.44. The van der Waals surface area contributed by atoms with E-state index in [1.54, 1.807) is 24.3 Å². The van der Waals surface area contributed by atoms with E-state index in [9.17, 15) is 9.59 Å². The zero-order chi connectivity index (χ0) is 21.7. The summed E-state index contributed by atoms with van der Waals surface area (Å²) in [5.74, 6) is -0.342. The maximum Gasteiger partial charge on any atom is 0.265 e. The number of anilines is 1. The third kappa shape index (κ3) is 5.30. The van der Waals surface area contributed by atoms with Gasteiger partial charge in [-0.3, -0.25) is 14.5 Å². The number of nitrogens with one attached hydrogen (secondary N) is 2. The number of carbonyl (C=O) groups excluding carboxylic acids is 2. The number of carbonyl (C=O) groups is 2. The molecule has 1 aromatic heterocycles. The highest BCUT2D eigenvalue weighted by Gasteiger charge is 2.38. The van der Waals surface area contributed by atoms with E-state index in [2.05, 4.69) is 15.5 Å². The van der Waals surface area contributed by atoms with Crippen LogP contribution in [0.5, 0.6) is 0 Å². The van der Waals surface area contributed by atoms with Crippen molar-refractivity contribution in [2.24, 2.45) is 0 Å². The number of amides is 2. The van der Waals surface area contributed by atoms with E-state index in [1.807, 2.05) is 11.4 Å². The van der Waals surface area contributed by atoms with Gasteiger partial charge in [0.25, 0.3) is 11.8 Å². The van der Waals surface area contributed by atoms with Gasteiger partial charge in [0.2, 0.25) is 0 Å². The van der Waals surface area contributed by atoms with Crippen molar-refractivity contribution in [1.82, 2.24) is 10.2 Å². The average molecular weight is 460 g/mol. The highest BCUT2D eigenvalue weighted by molar-refractivity contribution is 7.12. The van der Waals surface area contributed by atoms with E-state index in [0.29, 0.717) is 27.7 Å². The van der Waals surface area contributed by atoms with Crippen LogP contribution in [0.4, 0.5) is 5.69 Å². The number of halogens is 1. The number of hydrogen-bond acceptors (Lipinski definition) is 4. The molecule has 0 spiro atoms. The fourth-order valence-electron chi connectivity index (χ4n) is 4.88. The second kappa shape index (κ2) is 10.2. The second-order valence-electron chi connectivity index (χ2n) is 8.64. The molecule has 1 aliphatic heterocycles. The Kier molecular flexibility index (Phi) is 7.31. The lowest BCUT2D eigenvalue weighted by Gasteiger charge is -2.48. The first kappa shape index (κ1) is 22.3. The minimum absolute atomic E-state index is 0.0803. The Morgan fingerprint density at radius 2 is 1.74 bits per heavy atom. The molecule has 1 saturated heterocycles. The molecule has 2 heterocycles. The highest BCUT2D eigenvalue weighted by Crippen LogP contribution is 2.35. The van der Waals surface area contributed by atoms with Gasteiger partial charge in [-0.05, 0) is 68.4 Å². The summed E-state index contributed by atoms with van der Waals surface area (Å²) in [6.45, 7) is 2.94. The molecule has 2 aliphatic rings. The molecule has 2 aromatic rings. The van der Waals surface area contributed by atoms with Crippen molar-refractivity contribution in [3.8, 4) is 0 Å². The van der Waals surface area contributed by atoms with Crippen molar-refractivity contribution < 1.29 is 9.59 Å². The molecule has 4 rings (SSSR count). The van der Waals surface area contributed by atoms with E-state index < -0.39 is 0 Å². The predicted octanol–water partition coefficient (Wildman–Crippen LogP) is 5.57. The third-order valence-electron chi connectivity index (χ3n) is 6.61. The summed E-state index contributed by atoms with van der Waals surface area (Å²) in [6, 6.07) is 8.63. The summed E-state index contributed by atoms with van der Waals surface area (Å²) in [6.07, 6.45) is 9.85. The molecular weight excluding hydrogens is 430 g/mol. The van der Waals surface area contributed by atoms with Crippen LogP contribution in [0, 0.1) is 0 Å². The van der Waals surface area contributed by atoms with Crippen LogP contribution in [0.3, 0.4) is 0 Å². The molecule has 1 saturated carbocycles. The monoisotopic (exact) mass is 459 g/mol. The molecule has 31 heavy (non-hydrogen) atoms. The molecule has 0 unspecified atom stereocenters. The van der Waals surface area contributed by atoms with Gasteiger partial charge in [-0.15, -0.1) is 11.3 Å². The van der Waals surface area contributed by atoms with Crippen LogP contribution >= 0.6 is 22.9 Å². The molecule has 0 bridgehead atoms. The molecule has 7 heteroatoms. The van der Waals surface area contributed by atoms with Crippen molar-refractivity contribution >= 4 is 40.4 Å². The number of benzene rings is 1. The molecule has 166 valence electrons. The van der Waals surface area contributed by atoms with Gasteiger partial charge in [0.15, 0.2) is 0 Å². The lowest BCUT2D eigenvalue weighted by molar-refractivity contribution is 0.0326. The summed E-state index contributed by atoms with van der Waals surface area (Å²) in [7, 11) is 0. The predicted molar refractivity (Wildman–Crippen MR) is 127 cm³/mol. The van der Waals surface area contributed by atoms with Crippen molar-refractivity contribution in [3.63, 3.8) is 0 Å². The van der Waals surface area contributed by atoms with E-state index >= 15 is 0 Å². The summed E-state index contributed by atoms with van der Waals surface area (Å²) in [4.78, 5) is 28.6. The number of rotatable bonds is 6. The van der Waals surface area contributed by atoms with Gasteiger partial charge >= 0.3 is 0 Å². The minimum Gasteiger partial charge on any atom is -0.350 e. The fraction of sp³-hybridized carbons (Fsp3) is 0.500. The van der Waals surface area contributed by atoms with Crippen LogP contribution in [0.2, 0.25) is 5.02 Å². The van der Waals surface area contributed by atoms with Gasteiger partial charge in [-0.1, -0.05) is 43.4 Å². The van der Waals surface area contributed by atoms with E-state index in [0.717, 1.165) is 25.9 Å². The van der Waals surface area contributed by atoms with Crippen molar-refractivity contribution in [2.75, 3.05) is 25.0 Å². The molecule has 5 nitrogen and oxygen atoms in total. The summed E-state index contributed by atoms with van der Waals surface area (Å²) in [5, 5.41) is 8.29. The fourth-order valence-corrected chi connectivity index (χ4v) is 5.67. The van der Waals surface area contributed by atoms with Crippen LogP contribution < -0.4 is 10.6 Å². The minimum atomic E-state index is -0.222. The van der Waals surface area contributed by atoms with E-state index in [1.165, 1.54) is 49.9 Å². The van der Waals surface area contributed by atoms with E-state index in [4.69, 9.17) is 11.6 Å². The number of nitrogens with zero attached hydrogens (tertiary/aromatic N) is 1. The normalized spacial score (nSPS) is 19.0. The topological polar surface area (TPSA) is 61.4 Å². The van der Waals surface area contributed by atoms with Crippen LogP contribution in [-0.4, -0.2) is 41.9 Å². The van der Waals surface area contributed by atoms with Crippen LogP contribution in [-0.2, 0) is 0 Å².